The molecule has 0 spiro atoms. The number of azo groups is 2. The van der Waals surface area contributed by atoms with Crippen LogP contribution in [0.2, 0.25) is 0 Å². The van der Waals surface area contributed by atoms with Gasteiger partial charge in [0, 0.05) is 6.08 Å². The van der Waals surface area contributed by atoms with Crippen LogP contribution in [0.1, 0.15) is 93.7 Å². The minimum Gasteiger partial charge on any atom is -0.494 e. The number of carbonyl (C=O) groups is 1. The second-order valence-electron chi connectivity index (χ2n) is 14.7. The van der Waals surface area contributed by atoms with Crippen LogP contribution in [0.4, 0.5) is 22.7 Å². The van der Waals surface area contributed by atoms with Gasteiger partial charge in [0.25, 0.3) is 0 Å². The largest absolute Gasteiger partial charge is 0.494 e. The Kier molecular flexibility index (Phi) is 15.3. The Balaban J connectivity index is 0.905. The molecule has 1 aliphatic rings. The molecule has 0 aliphatic heterocycles. The van der Waals surface area contributed by atoms with Crippen LogP contribution in [-0.2, 0) is 16.0 Å². The molecule has 1 saturated carbocycles. The molecule has 7 nitrogen and oxygen atoms in total. The molecule has 0 unspecified atom stereocenters. The van der Waals surface area contributed by atoms with Crippen LogP contribution >= 0.6 is 0 Å². The average molecular weight is 747 g/mol. The number of ether oxygens (including phenoxy) is 2. The molecule has 0 saturated heterocycles. The number of nitrogens with zero attached hydrogens (tertiary/aromatic N) is 4. The summed E-state index contributed by atoms with van der Waals surface area (Å²) in [6, 6.07) is 41.6. The maximum absolute atomic E-state index is 11.1. The molecule has 5 aromatic carbocycles. The second kappa shape index (κ2) is 21.4. The predicted molar refractivity (Wildman–Crippen MR) is 227 cm³/mol. The molecule has 0 bridgehead atoms. The maximum atomic E-state index is 11.1. The van der Waals surface area contributed by atoms with E-state index in [0.29, 0.717) is 19.1 Å². The van der Waals surface area contributed by atoms with Crippen molar-refractivity contribution in [1.29, 1.82) is 0 Å². The molecule has 1 aliphatic carbocycles. The highest BCUT2D eigenvalue weighted by Crippen LogP contribution is 2.38. The fourth-order valence-electron chi connectivity index (χ4n) is 7.23. The molecule has 1 fully saturated rings. The smallest absolute Gasteiger partial charge is 0.330 e. The Morgan fingerprint density at radius 3 is 1.62 bits per heavy atom. The third-order valence-corrected chi connectivity index (χ3v) is 10.5. The number of esters is 1. The van der Waals surface area contributed by atoms with E-state index >= 15 is 0 Å². The van der Waals surface area contributed by atoms with E-state index in [-0.39, 0.29) is 5.97 Å². The van der Waals surface area contributed by atoms with Crippen LogP contribution in [0, 0.1) is 5.92 Å². The molecule has 56 heavy (non-hydrogen) atoms. The summed E-state index contributed by atoms with van der Waals surface area (Å²) in [4.78, 5) is 11.1. The first-order valence-corrected chi connectivity index (χ1v) is 20.3. The van der Waals surface area contributed by atoms with Crippen molar-refractivity contribution < 1.29 is 14.3 Å². The molecular formula is C49H54N4O3. The normalized spacial score (nSPS) is 15.6. The summed E-state index contributed by atoms with van der Waals surface area (Å²) in [6.45, 7) is 6.73. The molecular weight excluding hydrogens is 693 g/mol. The summed E-state index contributed by atoms with van der Waals surface area (Å²) < 4.78 is 10.7. The fourth-order valence-corrected chi connectivity index (χ4v) is 7.23. The second-order valence-corrected chi connectivity index (χ2v) is 14.7. The van der Waals surface area contributed by atoms with Gasteiger partial charge in [-0.2, -0.15) is 20.5 Å². The minimum absolute atomic E-state index is 0.320. The van der Waals surface area contributed by atoms with E-state index in [4.69, 9.17) is 9.47 Å². The maximum Gasteiger partial charge on any atom is 0.330 e. The number of benzene rings is 5. The molecule has 5 aromatic rings. The first kappa shape index (κ1) is 40.0. The fraction of sp³-hybridized carbons (Fsp3) is 0.327. The monoisotopic (exact) mass is 746 g/mol. The summed E-state index contributed by atoms with van der Waals surface area (Å²) >= 11 is 0. The van der Waals surface area contributed by atoms with Crippen LogP contribution in [0.3, 0.4) is 0 Å². The van der Waals surface area contributed by atoms with Crippen LogP contribution < -0.4 is 4.74 Å². The molecule has 0 radical (unpaired) electrons. The van der Waals surface area contributed by atoms with Gasteiger partial charge in [0.1, 0.15) is 5.75 Å². The zero-order valence-electron chi connectivity index (χ0n) is 32.7. The van der Waals surface area contributed by atoms with Gasteiger partial charge in [0.05, 0.1) is 36.0 Å². The van der Waals surface area contributed by atoms with Crippen LogP contribution in [-0.4, -0.2) is 19.2 Å². The number of hydrogen-bond acceptors (Lipinski definition) is 7. The first-order chi connectivity index (χ1) is 27.5. The van der Waals surface area contributed by atoms with Crippen LogP contribution in [0.5, 0.6) is 5.75 Å². The van der Waals surface area contributed by atoms with E-state index in [2.05, 4.69) is 94.6 Å². The third-order valence-electron chi connectivity index (χ3n) is 10.5. The Bertz CT molecular complexity index is 2000. The van der Waals surface area contributed by atoms with Crippen LogP contribution in [0.25, 0.3) is 11.1 Å². The van der Waals surface area contributed by atoms with Gasteiger partial charge >= 0.3 is 5.97 Å². The van der Waals surface area contributed by atoms with Gasteiger partial charge in [-0.15, -0.1) is 0 Å². The minimum atomic E-state index is -0.320. The summed E-state index contributed by atoms with van der Waals surface area (Å²) in [5.74, 6) is 2.04. The van der Waals surface area contributed by atoms with Crippen molar-refractivity contribution in [3.8, 4) is 16.9 Å². The van der Waals surface area contributed by atoms with Crippen LogP contribution in [0.15, 0.2) is 154 Å². The lowest BCUT2D eigenvalue weighted by Crippen LogP contribution is -2.13. The Labute approximate surface area is 332 Å². The van der Waals surface area contributed by atoms with E-state index in [9.17, 15) is 4.79 Å². The van der Waals surface area contributed by atoms with Gasteiger partial charge in [-0.25, -0.2) is 4.79 Å². The molecule has 0 aromatic heterocycles. The Hall–Kier alpha value is -5.69. The highest BCUT2D eigenvalue weighted by molar-refractivity contribution is 5.81. The SMILES string of the molecule is C=CC(=O)OCCCCCCC1CCC(c2ccc(-c3ccc(Cc4ccc(N=Nc5ccc(N=Nc6ccc(OCCC)cc6)cc5)cc4)cc3)cc2)CC1. The summed E-state index contributed by atoms with van der Waals surface area (Å²) in [5.41, 5.74) is 9.59. The quantitative estimate of drug-likeness (QED) is 0.0365. The molecule has 0 amide bonds. The highest BCUT2D eigenvalue weighted by Gasteiger charge is 2.22. The van der Waals surface area contributed by atoms with E-state index in [1.54, 1.807) is 0 Å². The van der Waals surface area contributed by atoms with Gasteiger partial charge in [0.2, 0.25) is 0 Å². The standard InChI is InChI=1S/C49H54N4O3/c1-3-34-55-48-32-30-47(31-33-48)53-52-46-28-26-45(27-29-46)51-50-44-24-14-39(15-25-44)36-38-12-18-41(19-13-38)43-22-20-42(21-23-43)40-16-10-37(11-17-40)9-7-5-6-8-35-56-49(54)4-2/h4,12-15,18-33,37,40H,2-3,5-11,16-17,34-36H2,1H3. The third kappa shape index (κ3) is 12.7. The van der Waals surface area contributed by atoms with Crippen molar-refractivity contribution in [3.05, 3.63) is 151 Å². The van der Waals surface area contributed by atoms with E-state index in [1.807, 2.05) is 60.7 Å². The molecule has 0 atom stereocenters. The van der Waals surface area contributed by atoms with Crippen molar-refractivity contribution in [2.24, 2.45) is 26.4 Å². The predicted octanol–water partition coefficient (Wildman–Crippen LogP) is 14.5. The number of carbonyl (C=O) groups excluding carboxylic acids is 1. The molecule has 0 N–H and O–H groups in total. The number of rotatable bonds is 19. The molecule has 6 rings (SSSR count). The van der Waals surface area contributed by atoms with Gasteiger partial charge in [0.15, 0.2) is 0 Å². The highest BCUT2D eigenvalue weighted by atomic mass is 16.5. The lowest BCUT2D eigenvalue weighted by Gasteiger charge is -2.29. The van der Waals surface area contributed by atoms with Crippen molar-refractivity contribution >= 4 is 28.7 Å². The Morgan fingerprint density at radius 2 is 1.09 bits per heavy atom. The molecule has 288 valence electrons. The van der Waals surface area contributed by atoms with Gasteiger partial charge in [-0.1, -0.05) is 99.8 Å². The van der Waals surface area contributed by atoms with Crippen molar-refractivity contribution in [2.75, 3.05) is 13.2 Å². The van der Waals surface area contributed by atoms with E-state index < -0.39 is 0 Å². The zero-order valence-corrected chi connectivity index (χ0v) is 32.7. The summed E-state index contributed by atoms with van der Waals surface area (Å²) in [5, 5.41) is 17.5. The lowest BCUT2D eigenvalue weighted by atomic mass is 9.77. The van der Waals surface area contributed by atoms with Gasteiger partial charge in [-0.3, -0.25) is 0 Å². The number of unbranched alkanes of at least 4 members (excludes halogenated alkanes) is 3. The summed E-state index contributed by atoms with van der Waals surface area (Å²) in [7, 11) is 0. The first-order valence-electron chi connectivity index (χ1n) is 20.3. The Morgan fingerprint density at radius 1 is 0.607 bits per heavy atom. The molecule has 0 heterocycles. The number of hydrogen-bond donors (Lipinski definition) is 0. The zero-order chi connectivity index (χ0) is 38.8. The lowest BCUT2D eigenvalue weighted by molar-refractivity contribution is -0.137. The van der Waals surface area contributed by atoms with Crippen molar-refractivity contribution in [3.63, 3.8) is 0 Å². The van der Waals surface area contributed by atoms with Gasteiger partial charge in [-0.05, 0) is 145 Å². The van der Waals surface area contributed by atoms with Crippen molar-refractivity contribution in [1.82, 2.24) is 0 Å². The summed E-state index contributed by atoms with van der Waals surface area (Å²) in [6.07, 6.45) is 14.2. The topological polar surface area (TPSA) is 85.0 Å². The average Bonchev–Trinajstić information content (AvgIpc) is 3.25. The molecule has 7 heteroatoms. The van der Waals surface area contributed by atoms with E-state index in [1.165, 1.54) is 78.8 Å². The van der Waals surface area contributed by atoms with E-state index in [0.717, 1.165) is 60.1 Å². The van der Waals surface area contributed by atoms with Gasteiger partial charge < -0.3 is 9.47 Å². The van der Waals surface area contributed by atoms with Crippen molar-refractivity contribution in [2.45, 2.75) is 83.5 Å².